The minimum absolute atomic E-state index is 0.0231. The number of nitrogens with zero attached hydrogens (tertiary/aromatic N) is 1. The smallest absolute Gasteiger partial charge is 0.253 e. The van der Waals surface area contributed by atoms with Crippen LogP contribution in [0.3, 0.4) is 0 Å². The quantitative estimate of drug-likeness (QED) is 0.845. The van der Waals surface area contributed by atoms with Gasteiger partial charge in [0.25, 0.3) is 5.91 Å². The van der Waals surface area contributed by atoms with Crippen molar-refractivity contribution in [1.82, 2.24) is 4.90 Å². The van der Waals surface area contributed by atoms with Crippen molar-refractivity contribution >= 4 is 31.7 Å². The first kappa shape index (κ1) is 15.2. The zero-order valence-electron chi connectivity index (χ0n) is 10.6. The van der Waals surface area contributed by atoms with E-state index in [1.807, 2.05) is 13.0 Å². The largest absolute Gasteiger partial charge is 0.341 e. The third-order valence-corrected chi connectivity index (χ3v) is 4.36. The van der Waals surface area contributed by atoms with Crippen molar-refractivity contribution in [3.8, 4) is 0 Å². The van der Waals surface area contributed by atoms with Gasteiger partial charge >= 0.3 is 0 Å². The van der Waals surface area contributed by atoms with Gasteiger partial charge in [-0.25, -0.2) is 8.42 Å². The van der Waals surface area contributed by atoms with Crippen molar-refractivity contribution in [2.24, 2.45) is 0 Å². The molecule has 1 aromatic carbocycles. The summed E-state index contributed by atoms with van der Waals surface area (Å²) in [7, 11) is -1.45. The zero-order chi connectivity index (χ0) is 13.9. The van der Waals surface area contributed by atoms with Crippen molar-refractivity contribution in [3.63, 3.8) is 0 Å². The summed E-state index contributed by atoms with van der Waals surface area (Å²) in [5.74, 6) is -0.195. The first-order valence-electron chi connectivity index (χ1n) is 5.40. The SMILES string of the molecule is Cc1cc(C(=O)N(C)CCS(C)(=O)=O)ccc1Br. The molecule has 0 saturated heterocycles. The molecule has 1 rings (SSSR count). The molecule has 1 aromatic rings. The van der Waals surface area contributed by atoms with Crippen LogP contribution < -0.4 is 0 Å². The summed E-state index contributed by atoms with van der Waals surface area (Å²) in [4.78, 5) is 13.5. The molecule has 0 fully saturated rings. The highest BCUT2D eigenvalue weighted by atomic mass is 79.9. The highest BCUT2D eigenvalue weighted by molar-refractivity contribution is 9.10. The summed E-state index contributed by atoms with van der Waals surface area (Å²) in [6.07, 6.45) is 1.16. The molecule has 0 heterocycles. The van der Waals surface area contributed by atoms with E-state index in [-0.39, 0.29) is 18.2 Å². The van der Waals surface area contributed by atoms with E-state index in [0.717, 1.165) is 16.3 Å². The van der Waals surface area contributed by atoms with Crippen LogP contribution in [0.5, 0.6) is 0 Å². The van der Waals surface area contributed by atoms with Crippen LogP contribution in [-0.4, -0.2) is 44.8 Å². The van der Waals surface area contributed by atoms with Gasteiger partial charge in [0, 0.05) is 29.9 Å². The third kappa shape index (κ3) is 4.42. The Hall–Kier alpha value is -0.880. The third-order valence-electron chi connectivity index (χ3n) is 2.55. The molecule has 0 aliphatic carbocycles. The van der Waals surface area contributed by atoms with Crippen molar-refractivity contribution in [1.29, 1.82) is 0 Å². The Morgan fingerprint density at radius 2 is 2.00 bits per heavy atom. The van der Waals surface area contributed by atoms with Gasteiger partial charge in [0.1, 0.15) is 9.84 Å². The summed E-state index contributed by atoms with van der Waals surface area (Å²) < 4.78 is 23.0. The summed E-state index contributed by atoms with van der Waals surface area (Å²) >= 11 is 3.37. The van der Waals surface area contributed by atoms with Gasteiger partial charge in [0.2, 0.25) is 0 Å². The second-order valence-corrected chi connectivity index (χ2v) is 7.43. The zero-order valence-corrected chi connectivity index (χ0v) is 13.0. The Balaban J connectivity index is 2.77. The van der Waals surface area contributed by atoms with E-state index < -0.39 is 9.84 Å². The number of benzene rings is 1. The van der Waals surface area contributed by atoms with Crippen LogP contribution in [-0.2, 0) is 9.84 Å². The van der Waals surface area contributed by atoms with Gasteiger partial charge in [-0.2, -0.15) is 0 Å². The number of rotatable bonds is 4. The average Bonchev–Trinajstić information content (AvgIpc) is 2.27. The normalized spacial score (nSPS) is 11.3. The highest BCUT2D eigenvalue weighted by Crippen LogP contribution is 2.17. The molecule has 0 saturated carbocycles. The number of halogens is 1. The van der Waals surface area contributed by atoms with Crippen LogP contribution in [0.2, 0.25) is 0 Å². The minimum Gasteiger partial charge on any atom is -0.341 e. The Morgan fingerprint density at radius 1 is 1.39 bits per heavy atom. The molecule has 6 heteroatoms. The van der Waals surface area contributed by atoms with Crippen molar-refractivity contribution < 1.29 is 13.2 Å². The molecule has 0 atom stereocenters. The van der Waals surface area contributed by atoms with E-state index in [2.05, 4.69) is 15.9 Å². The van der Waals surface area contributed by atoms with E-state index >= 15 is 0 Å². The van der Waals surface area contributed by atoms with Crippen molar-refractivity contribution in [3.05, 3.63) is 33.8 Å². The predicted molar refractivity (Wildman–Crippen MR) is 75.6 cm³/mol. The fourth-order valence-electron chi connectivity index (χ4n) is 1.40. The molecule has 0 bridgehead atoms. The number of carbonyl (C=O) groups excluding carboxylic acids is 1. The lowest BCUT2D eigenvalue weighted by Gasteiger charge is -2.17. The number of hydrogen-bond acceptors (Lipinski definition) is 3. The maximum atomic E-state index is 12.0. The molecule has 18 heavy (non-hydrogen) atoms. The van der Waals surface area contributed by atoms with Gasteiger partial charge in [-0.3, -0.25) is 4.79 Å². The summed E-state index contributed by atoms with van der Waals surface area (Å²) in [6.45, 7) is 2.10. The number of hydrogen-bond donors (Lipinski definition) is 0. The van der Waals surface area contributed by atoms with E-state index in [0.29, 0.717) is 5.56 Å². The maximum absolute atomic E-state index is 12.0. The molecular weight excluding hydrogens is 318 g/mol. The molecule has 100 valence electrons. The molecule has 0 spiro atoms. The monoisotopic (exact) mass is 333 g/mol. The van der Waals surface area contributed by atoms with Gasteiger partial charge in [-0.05, 0) is 30.7 Å². The van der Waals surface area contributed by atoms with Gasteiger partial charge in [-0.1, -0.05) is 15.9 Å². The van der Waals surface area contributed by atoms with Gasteiger partial charge < -0.3 is 4.90 Å². The highest BCUT2D eigenvalue weighted by Gasteiger charge is 2.14. The van der Waals surface area contributed by atoms with Crippen LogP contribution in [0, 0.1) is 6.92 Å². The molecular formula is C12H16BrNO3S. The van der Waals surface area contributed by atoms with Crippen LogP contribution >= 0.6 is 15.9 Å². The minimum atomic E-state index is -3.05. The number of aryl methyl sites for hydroxylation is 1. The Bertz CT molecular complexity index is 554. The second-order valence-electron chi connectivity index (χ2n) is 4.32. The first-order chi connectivity index (χ1) is 8.20. The standard InChI is InChI=1S/C12H16BrNO3S/c1-9-8-10(4-5-11(9)13)12(15)14(2)6-7-18(3,16)17/h4-5,8H,6-7H2,1-3H3. The van der Waals surface area contributed by atoms with Crippen LogP contribution in [0.15, 0.2) is 22.7 Å². The molecule has 0 unspecified atom stereocenters. The Kier molecular flexibility index (Phi) is 4.92. The maximum Gasteiger partial charge on any atom is 0.253 e. The van der Waals surface area contributed by atoms with Crippen molar-refractivity contribution in [2.45, 2.75) is 6.92 Å². The number of amides is 1. The Labute approximate surface area is 116 Å². The van der Waals surface area contributed by atoms with E-state index in [1.165, 1.54) is 4.90 Å². The Morgan fingerprint density at radius 3 is 2.50 bits per heavy atom. The fourth-order valence-corrected chi connectivity index (χ4v) is 2.25. The molecule has 0 aliphatic rings. The predicted octanol–water partition coefficient (Wildman–Crippen LogP) is 1.87. The molecule has 0 radical (unpaired) electrons. The summed E-state index contributed by atoms with van der Waals surface area (Å²) in [5, 5.41) is 0. The molecule has 0 aromatic heterocycles. The number of carbonyl (C=O) groups is 1. The lowest BCUT2D eigenvalue weighted by molar-refractivity contribution is 0.0803. The van der Waals surface area contributed by atoms with Crippen LogP contribution in [0.25, 0.3) is 0 Å². The molecule has 1 amide bonds. The molecule has 4 nitrogen and oxygen atoms in total. The summed E-state index contributed by atoms with van der Waals surface area (Å²) in [5.41, 5.74) is 1.53. The lowest BCUT2D eigenvalue weighted by atomic mass is 10.1. The molecule has 0 aliphatic heterocycles. The topological polar surface area (TPSA) is 54.5 Å². The second kappa shape index (κ2) is 5.84. The summed E-state index contributed by atoms with van der Waals surface area (Å²) in [6, 6.07) is 5.31. The van der Waals surface area contributed by atoms with E-state index in [1.54, 1.807) is 19.2 Å². The van der Waals surface area contributed by atoms with E-state index in [9.17, 15) is 13.2 Å². The van der Waals surface area contributed by atoms with Crippen LogP contribution in [0.4, 0.5) is 0 Å². The van der Waals surface area contributed by atoms with Crippen LogP contribution in [0.1, 0.15) is 15.9 Å². The van der Waals surface area contributed by atoms with Crippen molar-refractivity contribution in [2.75, 3.05) is 25.6 Å². The van der Waals surface area contributed by atoms with E-state index in [4.69, 9.17) is 0 Å². The van der Waals surface area contributed by atoms with Gasteiger partial charge in [0.15, 0.2) is 0 Å². The van der Waals surface area contributed by atoms with Gasteiger partial charge in [0.05, 0.1) is 5.75 Å². The fraction of sp³-hybridized carbons (Fsp3) is 0.417. The molecule has 0 N–H and O–H groups in total. The average molecular weight is 334 g/mol. The first-order valence-corrected chi connectivity index (χ1v) is 8.25. The lowest BCUT2D eigenvalue weighted by Crippen LogP contribution is -2.31. The number of sulfone groups is 1. The van der Waals surface area contributed by atoms with Gasteiger partial charge in [-0.15, -0.1) is 0 Å².